The van der Waals surface area contributed by atoms with E-state index < -0.39 is 23.6 Å². The lowest BCUT2D eigenvalue weighted by molar-refractivity contribution is -0.126. The molecule has 2 rings (SSSR count). The zero-order valence-electron chi connectivity index (χ0n) is 12.3. The SMILES string of the molecule is CC(O/N=C(\N)c1ccc(F)cc1)C(=O)Nc1ccccc1F. The van der Waals surface area contributed by atoms with Gasteiger partial charge in [-0.3, -0.25) is 4.79 Å². The van der Waals surface area contributed by atoms with Crippen molar-refractivity contribution < 1.29 is 18.4 Å². The van der Waals surface area contributed by atoms with E-state index in [1.807, 2.05) is 0 Å². The summed E-state index contributed by atoms with van der Waals surface area (Å²) < 4.78 is 26.3. The number of amidine groups is 1. The lowest BCUT2D eigenvalue weighted by Gasteiger charge is -2.11. The number of rotatable bonds is 5. The van der Waals surface area contributed by atoms with Crippen molar-refractivity contribution in [3.8, 4) is 0 Å². The van der Waals surface area contributed by atoms with Crippen LogP contribution in [0.5, 0.6) is 0 Å². The molecule has 0 aliphatic carbocycles. The molecule has 0 radical (unpaired) electrons. The van der Waals surface area contributed by atoms with Gasteiger partial charge in [0.1, 0.15) is 11.6 Å². The van der Waals surface area contributed by atoms with Gasteiger partial charge in [0.25, 0.3) is 5.91 Å². The fourth-order valence-electron chi connectivity index (χ4n) is 1.65. The molecule has 0 spiro atoms. The van der Waals surface area contributed by atoms with E-state index >= 15 is 0 Å². The first-order valence-electron chi connectivity index (χ1n) is 6.78. The van der Waals surface area contributed by atoms with E-state index in [2.05, 4.69) is 10.5 Å². The van der Waals surface area contributed by atoms with Crippen LogP contribution in [-0.4, -0.2) is 17.8 Å². The third-order valence-corrected chi connectivity index (χ3v) is 2.95. The van der Waals surface area contributed by atoms with Gasteiger partial charge in [-0.2, -0.15) is 0 Å². The summed E-state index contributed by atoms with van der Waals surface area (Å²) in [7, 11) is 0. The summed E-state index contributed by atoms with van der Waals surface area (Å²) in [6, 6.07) is 11.1. The molecule has 120 valence electrons. The third kappa shape index (κ3) is 4.50. The van der Waals surface area contributed by atoms with Crippen molar-refractivity contribution in [2.75, 3.05) is 5.32 Å². The first-order valence-corrected chi connectivity index (χ1v) is 6.78. The van der Waals surface area contributed by atoms with E-state index in [1.165, 1.54) is 49.4 Å². The Labute approximate surface area is 131 Å². The molecule has 0 saturated heterocycles. The van der Waals surface area contributed by atoms with Gasteiger partial charge in [-0.15, -0.1) is 0 Å². The quantitative estimate of drug-likeness (QED) is 0.505. The molecule has 23 heavy (non-hydrogen) atoms. The molecule has 0 heterocycles. The Hall–Kier alpha value is -2.96. The van der Waals surface area contributed by atoms with Gasteiger partial charge in [-0.05, 0) is 43.3 Å². The van der Waals surface area contributed by atoms with Gasteiger partial charge < -0.3 is 15.9 Å². The molecule has 5 nitrogen and oxygen atoms in total. The first-order chi connectivity index (χ1) is 11.0. The first kappa shape index (κ1) is 16.4. The second-order valence-electron chi connectivity index (χ2n) is 4.70. The maximum Gasteiger partial charge on any atom is 0.268 e. The second kappa shape index (κ2) is 7.35. The molecule has 7 heteroatoms. The Bertz CT molecular complexity index is 718. The van der Waals surface area contributed by atoms with Crippen LogP contribution in [0, 0.1) is 11.6 Å². The molecule has 0 aliphatic rings. The molecule has 0 aliphatic heterocycles. The lowest BCUT2D eigenvalue weighted by atomic mass is 10.2. The van der Waals surface area contributed by atoms with Gasteiger partial charge in [0.05, 0.1) is 5.69 Å². The number of carbonyl (C=O) groups is 1. The van der Waals surface area contributed by atoms with E-state index in [0.29, 0.717) is 5.56 Å². The maximum absolute atomic E-state index is 13.4. The average molecular weight is 319 g/mol. The monoisotopic (exact) mass is 319 g/mol. The number of nitrogens with two attached hydrogens (primary N) is 1. The van der Waals surface area contributed by atoms with Gasteiger partial charge in [-0.1, -0.05) is 17.3 Å². The minimum absolute atomic E-state index is 0.00413. The molecule has 2 aromatic rings. The van der Waals surface area contributed by atoms with Gasteiger partial charge in [0, 0.05) is 5.56 Å². The number of halogens is 2. The number of benzene rings is 2. The zero-order valence-corrected chi connectivity index (χ0v) is 12.3. The summed E-state index contributed by atoms with van der Waals surface area (Å²) in [6.45, 7) is 1.44. The topological polar surface area (TPSA) is 76.7 Å². The second-order valence-corrected chi connectivity index (χ2v) is 4.70. The molecule has 3 N–H and O–H groups in total. The van der Waals surface area contributed by atoms with Crippen molar-refractivity contribution in [1.82, 2.24) is 0 Å². The average Bonchev–Trinajstić information content (AvgIpc) is 2.55. The minimum Gasteiger partial charge on any atom is -0.381 e. The number of nitrogens with one attached hydrogen (secondary N) is 1. The van der Waals surface area contributed by atoms with Crippen molar-refractivity contribution in [3.05, 3.63) is 65.7 Å². The molecular weight excluding hydrogens is 304 g/mol. The number of hydrogen-bond acceptors (Lipinski definition) is 3. The summed E-state index contributed by atoms with van der Waals surface area (Å²) in [5.41, 5.74) is 6.18. The molecule has 0 saturated carbocycles. The molecule has 0 aromatic heterocycles. The highest BCUT2D eigenvalue weighted by molar-refractivity contribution is 5.97. The van der Waals surface area contributed by atoms with Crippen molar-refractivity contribution >= 4 is 17.4 Å². The van der Waals surface area contributed by atoms with Crippen molar-refractivity contribution in [3.63, 3.8) is 0 Å². The smallest absolute Gasteiger partial charge is 0.268 e. The minimum atomic E-state index is -0.992. The van der Waals surface area contributed by atoms with Crippen LogP contribution in [0.15, 0.2) is 53.7 Å². The van der Waals surface area contributed by atoms with Crippen molar-refractivity contribution in [1.29, 1.82) is 0 Å². The van der Waals surface area contributed by atoms with Gasteiger partial charge in [-0.25, -0.2) is 8.78 Å². The molecule has 1 amide bonds. The Morgan fingerprint density at radius 3 is 2.48 bits per heavy atom. The number of oxime groups is 1. The number of amides is 1. The number of nitrogens with zero attached hydrogens (tertiary/aromatic N) is 1. The number of hydrogen-bond donors (Lipinski definition) is 2. The van der Waals surface area contributed by atoms with Crippen LogP contribution in [0.3, 0.4) is 0 Å². The zero-order chi connectivity index (χ0) is 16.8. The predicted molar refractivity (Wildman–Crippen MR) is 82.7 cm³/mol. The van der Waals surface area contributed by atoms with Crippen LogP contribution in [0.1, 0.15) is 12.5 Å². The van der Waals surface area contributed by atoms with Crippen LogP contribution in [0.4, 0.5) is 14.5 Å². The van der Waals surface area contributed by atoms with E-state index in [1.54, 1.807) is 6.07 Å². The highest BCUT2D eigenvalue weighted by Gasteiger charge is 2.16. The molecular formula is C16H15F2N3O2. The predicted octanol–water partition coefficient (Wildman–Crippen LogP) is 2.63. The molecule has 1 atom stereocenters. The fourth-order valence-corrected chi connectivity index (χ4v) is 1.65. The normalized spacial score (nSPS) is 12.6. The highest BCUT2D eigenvalue weighted by atomic mass is 19.1. The van der Waals surface area contributed by atoms with Crippen LogP contribution in [-0.2, 0) is 9.63 Å². The van der Waals surface area contributed by atoms with Crippen LogP contribution >= 0.6 is 0 Å². The van der Waals surface area contributed by atoms with Crippen LogP contribution in [0.2, 0.25) is 0 Å². The number of anilines is 1. The van der Waals surface area contributed by atoms with E-state index in [4.69, 9.17) is 10.6 Å². The number of para-hydroxylation sites is 1. The third-order valence-electron chi connectivity index (χ3n) is 2.95. The Morgan fingerprint density at radius 2 is 1.83 bits per heavy atom. The Kier molecular flexibility index (Phi) is 5.24. The Balaban J connectivity index is 1.97. The standard InChI is InChI=1S/C16H15F2N3O2/c1-10(16(22)20-14-5-3-2-4-13(14)18)23-21-15(19)11-6-8-12(17)9-7-11/h2-10H,1H3,(H2,19,21)(H,20,22). The van der Waals surface area contributed by atoms with Gasteiger partial charge >= 0.3 is 0 Å². The maximum atomic E-state index is 13.4. The largest absolute Gasteiger partial charge is 0.381 e. The fraction of sp³-hybridized carbons (Fsp3) is 0.125. The van der Waals surface area contributed by atoms with Crippen LogP contribution in [0.25, 0.3) is 0 Å². The van der Waals surface area contributed by atoms with Crippen molar-refractivity contribution in [2.24, 2.45) is 10.9 Å². The van der Waals surface area contributed by atoms with Gasteiger partial charge in [0.2, 0.25) is 6.10 Å². The van der Waals surface area contributed by atoms with E-state index in [-0.39, 0.29) is 11.5 Å². The Morgan fingerprint density at radius 1 is 1.17 bits per heavy atom. The van der Waals surface area contributed by atoms with E-state index in [0.717, 1.165) is 0 Å². The summed E-state index contributed by atoms with van der Waals surface area (Å²) in [4.78, 5) is 16.9. The molecule has 1 unspecified atom stereocenters. The van der Waals surface area contributed by atoms with Crippen molar-refractivity contribution in [2.45, 2.75) is 13.0 Å². The number of carbonyl (C=O) groups excluding carboxylic acids is 1. The molecule has 0 fully saturated rings. The molecule has 0 bridgehead atoms. The summed E-state index contributed by atoms with van der Waals surface area (Å²) >= 11 is 0. The highest BCUT2D eigenvalue weighted by Crippen LogP contribution is 2.13. The summed E-state index contributed by atoms with van der Waals surface area (Å²) in [5.74, 6) is -1.54. The summed E-state index contributed by atoms with van der Waals surface area (Å²) in [5, 5.41) is 6.01. The van der Waals surface area contributed by atoms with Gasteiger partial charge in [0.15, 0.2) is 5.84 Å². The van der Waals surface area contributed by atoms with E-state index in [9.17, 15) is 13.6 Å². The molecule has 2 aromatic carbocycles. The lowest BCUT2D eigenvalue weighted by Crippen LogP contribution is -2.27. The summed E-state index contributed by atoms with van der Waals surface area (Å²) in [6.07, 6.45) is -0.992. The van der Waals surface area contributed by atoms with Crippen LogP contribution < -0.4 is 11.1 Å².